The van der Waals surface area contributed by atoms with E-state index in [9.17, 15) is 24.3 Å². The van der Waals surface area contributed by atoms with Crippen molar-refractivity contribution in [1.82, 2.24) is 20.0 Å². The highest BCUT2D eigenvalue weighted by atomic mass is 19.1. The molecule has 1 saturated carbocycles. The van der Waals surface area contributed by atoms with Gasteiger partial charge in [0.05, 0.1) is 11.8 Å². The highest BCUT2D eigenvalue weighted by Crippen LogP contribution is 2.34. The smallest absolute Gasteiger partial charge is 0.245 e. The van der Waals surface area contributed by atoms with Crippen LogP contribution in [0.15, 0.2) is 30.5 Å². The normalized spacial score (nSPS) is 17.7. The van der Waals surface area contributed by atoms with E-state index in [4.69, 9.17) is 0 Å². The Morgan fingerprint density at radius 1 is 1.05 bits per heavy atom. The highest BCUT2D eigenvalue weighted by molar-refractivity contribution is 6.00. The summed E-state index contributed by atoms with van der Waals surface area (Å²) >= 11 is 0. The van der Waals surface area contributed by atoms with Gasteiger partial charge in [0.2, 0.25) is 17.7 Å². The van der Waals surface area contributed by atoms with E-state index in [1.165, 1.54) is 12.1 Å². The van der Waals surface area contributed by atoms with Crippen molar-refractivity contribution in [3.63, 3.8) is 0 Å². The van der Waals surface area contributed by atoms with Gasteiger partial charge >= 0.3 is 0 Å². The van der Waals surface area contributed by atoms with Crippen LogP contribution in [0.1, 0.15) is 87.7 Å². The van der Waals surface area contributed by atoms with E-state index in [0.29, 0.717) is 43.7 Å². The summed E-state index contributed by atoms with van der Waals surface area (Å²) in [6.45, 7) is 4.92. The lowest BCUT2D eigenvalue weighted by Gasteiger charge is -2.32. The molecule has 1 aliphatic carbocycles. The average Bonchev–Trinajstić information content (AvgIpc) is 3.50. The summed E-state index contributed by atoms with van der Waals surface area (Å²) < 4.78 is 17.0. The molecule has 0 spiro atoms. The number of aromatic nitrogens is 2. The SMILES string of the molecule is CCC(=O)N[C@H](Cc1ccc(NC(=O)[C@@H](CC(=O)c2ccnn2CC)C2CCCCC2)c(F)c1)C(=O)N1CCC(O)CC1. The third-order valence-corrected chi connectivity index (χ3v) is 8.72. The lowest BCUT2D eigenvalue weighted by molar-refractivity contribution is -0.138. The fraction of sp³-hybridized carbons (Fsp3) is 0.594. The Kier molecular flexibility index (Phi) is 11.4. The Morgan fingerprint density at radius 3 is 2.42 bits per heavy atom. The Hall–Kier alpha value is -3.60. The van der Waals surface area contributed by atoms with Crippen LogP contribution >= 0.6 is 0 Å². The van der Waals surface area contributed by atoms with Crippen LogP contribution in [0, 0.1) is 17.7 Å². The van der Waals surface area contributed by atoms with Gasteiger partial charge in [0.1, 0.15) is 17.6 Å². The first-order chi connectivity index (χ1) is 20.7. The number of halogens is 1. The van der Waals surface area contributed by atoms with Crippen molar-refractivity contribution < 1.29 is 28.7 Å². The van der Waals surface area contributed by atoms with Crippen molar-refractivity contribution in [2.75, 3.05) is 18.4 Å². The van der Waals surface area contributed by atoms with E-state index in [1.807, 2.05) is 6.92 Å². The largest absolute Gasteiger partial charge is 0.393 e. The molecule has 3 N–H and O–H groups in total. The second-order valence-electron chi connectivity index (χ2n) is 11.7. The number of anilines is 1. The number of hydrogen-bond acceptors (Lipinski definition) is 6. The molecule has 4 rings (SSSR count). The Bertz CT molecular complexity index is 1280. The number of Topliss-reactive ketones (excluding diaryl/α,β-unsaturated/α-hetero) is 1. The first-order valence-electron chi connectivity index (χ1n) is 15.6. The molecule has 0 radical (unpaired) electrons. The molecule has 1 saturated heterocycles. The lowest BCUT2D eigenvalue weighted by atomic mass is 9.77. The maximum Gasteiger partial charge on any atom is 0.245 e. The van der Waals surface area contributed by atoms with Crippen molar-refractivity contribution in [3.8, 4) is 0 Å². The van der Waals surface area contributed by atoms with Crippen molar-refractivity contribution in [3.05, 3.63) is 47.5 Å². The average molecular weight is 598 g/mol. The summed E-state index contributed by atoms with van der Waals surface area (Å²) in [7, 11) is 0. The zero-order chi connectivity index (χ0) is 30.9. The minimum Gasteiger partial charge on any atom is -0.393 e. The number of ketones is 1. The molecule has 234 valence electrons. The molecule has 2 atom stereocenters. The number of piperidine rings is 1. The van der Waals surface area contributed by atoms with Gasteiger partial charge < -0.3 is 20.6 Å². The molecule has 0 unspecified atom stereocenters. The first-order valence-corrected chi connectivity index (χ1v) is 15.6. The number of aliphatic hydroxyl groups excluding tert-OH is 1. The van der Waals surface area contributed by atoms with Gasteiger partial charge in [-0.25, -0.2) is 4.39 Å². The maximum absolute atomic E-state index is 15.4. The molecule has 11 heteroatoms. The van der Waals surface area contributed by atoms with Crippen molar-refractivity contribution in [2.45, 2.75) is 96.7 Å². The van der Waals surface area contributed by atoms with Gasteiger partial charge in [0, 0.05) is 51.0 Å². The zero-order valence-electron chi connectivity index (χ0n) is 25.2. The Balaban J connectivity index is 1.47. The summed E-state index contributed by atoms with van der Waals surface area (Å²) in [6, 6.07) is 5.16. The van der Waals surface area contributed by atoms with E-state index in [-0.39, 0.29) is 54.4 Å². The van der Waals surface area contributed by atoms with E-state index in [0.717, 1.165) is 32.1 Å². The number of carbonyl (C=O) groups is 4. The van der Waals surface area contributed by atoms with Crippen molar-refractivity contribution >= 4 is 29.2 Å². The Labute approximate surface area is 252 Å². The van der Waals surface area contributed by atoms with Crippen LogP contribution in [0.4, 0.5) is 10.1 Å². The van der Waals surface area contributed by atoms with Gasteiger partial charge in [0.25, 0.3) is 0 Å². The molecule has 1 aromatic carbocycles. The fourth-order valence-corrected chi connectivity index (χ4v) is 6.19. The van der Waals surface area contributed by atoms with Gasteiger partial charge in [-0.1, -0.05) is 32.3 Å². The number of aliphatic hydroxyl groups is 1. The second kappa shape index (κ2) is 15.2. The molecule has 2 fully saturated rings. The predicted octanol–water partition coefficient (Wildman–Crippen LogP) is 3.87. The quantitative estimate of drug-likeness (QED) is 0.318. The zero-order valence-corrected chi connectivity index (χ0v) is 25.2. The van der Waals surface area contributed by atoms with Gasteiger partial charge in [-0.15, -0.1) is 0 Å². The van der Waals surface area contributed by atoms with Crippen molar-refractivity contribution in [1.29, 1.82) is 0 Å². The van der Waals surface area contributed by atoms with Crippen LogP contribution in [0.25, 0.3) is 0 Å². The van der Waals surface area contributed by atoms with Crippen molar-refractivity contribution in [2.24, 2.45) is 11.8 Å². The molecule has 43 heavy (non-hydrogen) atoms. The molecule has 10 nitrogen and oxygen atoms in total. The molecule has 1 aliphatic heterocycles. The van der Waals surface area contributed by atoms with E-state index in [2.05, 4.69) is 15.7 Å². The number of nitrogens with one attached hydrogen (secondary N) is 2. The van der Waals surface area contributed by atoms with E-state index >= 15 is 4.39 Å². The third kappa shape index (κ3) is 8.49. The van der Waals surface area contributed by atoms with Crippen LogP contribution < -0.4 is 10.6 Å². The molecule has 3 amide bonds. The molecule has 1 aromatic heterocycles. The number of amides is 3. The monoisotopic (exact) mass is 597 g/mol. The second-order valence-corrected chi connectivity index (χ2v) is 11.7. The van der Waals surface area contributed by atoms with Crippen LogP contribution in [0.3, 0.4) is 0 Å². The minimum atomic E-state index is -0.874. The first kappa shape index (κ1) is 32.3. The molecule has 0 bridgehead atoms. The lowest BCUT2D eigenvalue weighted by Crippen LogP contribution is -2.52. The van der Waals surface area contributed by atoms with E-state index in [1.54, 1.807) is 34.8 Å². The summed E-state index contributed by atoms with van der Waals surface area (Å²) in [4.78, 5) is 53.8. The topological polar surface area (TPSA) is 134 Å². The van der Waals surface area contributed by atoms with Gasteiger partial charge in [0.15, 0.2) is 5.78 Å². The fourth-order valence-electron chi connectivity index (χ4n) is 6.19. The molecule has 2 heterocycles. The summed E-state index contributed by atoms with van der Waals surface area (Å²) in [6.07, 6.45) is 7.14. The summed E-state index contributed by atoms with van der Waals surface area (Å²) in [5, 5.41) is 19.5. The standard InChI is InChI=1S/C32H44FN5O5/c1-3-30(41)35-27(32(43)37-16-13-23(39)14-17-37)19-21-10-11-26(25(33)18-21)36-31(42)24(22-8-6-5-7-9-22)20-29(40)28-12-15-34-38(28)4-2/h10-12,15,18,22-24,27,39H,3-9,13-14,16-17,19-20H2,1-2H3,(H,35,41)(H,36,42)/t24-,27+/m0/s1. The summed E-state index contributed by atoms with van der Waals surface area (Å²) in [5.74, 6) is -2.32. The van der Waals surface area contributed by atoms with Crippen LogP contribution in [0.5, 0.6) is 0 Å². The molecular formula is C32H44FN5O5. The Morgan fingerprint density at radius 2 is 1.77 bits per heavy atom. The predicted molar refractivity (Wildman–Crippen MR) is 160 cm³/mol. The van der Waals surface area contributed by atoms with Crippen LogP contribution in [-0.2, 0) is 27.3 Å². The number of hydrogen-bond donors (Lipinski definition) is 3. The number of carbonyl (C=O) groups excluding carboxylic acids is 4. The summed E-state index contributed by atoms with van der Waals surface area (Å²) in [5.41, 5.74) is 0.965. The van der Waals surface area contributed by atoms with Gasteiger partial charge in [-0.3, -0.25) is 23.9 Å². The van der Waals surface area contributed by atoms with Crippen LogP contribution in [0.2, 0.25) is 0 Å². The molecular weight excluding hydrogens is 553 g/mol. The number of benzene rings is 1. The number of likely N-dealkylation sites (tertiary alicyclic amines) is 1. The van der Waals surface area contributed by atoms with Gasteiger partial charge in [-0.2, -0.15) is 5.10 Å². The van der Waals surface area contributed by atoms with Crippen LogP contribution in [-0.4, -0.2) is 68.5 Å². The minimum absolute atomic E-state index is 0.00565. The molecule has 2 aliphatic rings. The number of rotatable bonds is 12. The van der Waals surface area contributed by atoms with Gasteiger partial charge in [-0.05, 0) is 62.3 Å². The van der Waals surface area contributed by atoms with E-state index < -0.39 is 23.9 Å². The number of aryl methyl sites for hydroxylation is 1. The third-order valence-electron chi connectivity index (χ3n) is 8.72. The molecule has 2 aromatic rings. The number of nitrogens with zero attached hydrogens (tertiary/aromatic N) is 3. The maximum atomic E-state index is 15.4. The highest BCUT2D eigenvalue weighted by Gasteiger charge is 2.33.